The number of rotatable bonds is 4. The minimum Gasteiger partial charge on any atom is -0.449 e. The summed E-state index contributed by atoms with van der Waals surface area (Å²) in [5.41, 5.74) is -0.0193. The number of hydrogen-bond donors (Lipinski definition) is 2. The van der Waals surface area contributed by atoms with Gasteiger partial charge in [-0.25, -0.2) is 9.78 Å². The van der Waals surface area contributed by atoms with Crippen molar-refractivity contribution in [3.63, 3.8) is 0 Å². The Balaban J connectivity index is 2.26. The maximum atomic E-state index is 11.3. The number of aromatic nitrogens is 1. The normalized spacial score (nSPS) is 11.3. The van der Waals surface area contributed by atoms with E-state index >= 15 is 0 Å². The summed E-state index contributed by atoms with van der Waals surface area (Å²) in [5.74, 6) is 0.477. The number of carbonyl (C=O) groups excluding carboxylic acids is 1. The van der Waals surface area contributed by atoms with Gasteiger partial charge in [0.2, 0.25) is 0 Å². The van der Waals surface area contributed by atoms with E-state index in [1.807, 2.05) is 0 Å². The highest BCUT2D eigenvalue weighted by molar-refractivity contribution is 5.67. The molecule has 1 heterocycles. The van der Waals surface area contributed by atoms with Crippen LogP contribution in [0.25, 0.3) is 0 Å². The zero-order chi connectivity index (χ0) is 12.9. The third kappa shape index (κ3) is 5.35. The Labute approximate surface area is 100.0 Å². The molecule has 96 valence electrons. The average Bonchev–Trinajstić information content (AvgIpc) is 2.63. The molecule has 1 amide bonds. The van der Waals surface area contributed by atoms with E-state index in [9.17, 15) is 4.79 Å². The van der Waals surface area contributed by atoms with E-state index in [-0.39, 0.29) is 6.61 Å². The lowest BCUT2D eigenvalue weighted by Gasteiger charge is -2.19. The van der Waals surface area contributed by atoms with Crippen LogP contribution in [0.1, 0.15) is 32.4 Å². The summed E-state index contributed by atoms with van der Waals surface area (Å²) in [5, 5.41) is 11.4. The molecule has 1 rings (SSSR count). The van der Waals surface area contributed by atoms with Crippen LogP contribution >= 0.6 is 0 Å². The monoisotopic (exact) mass is 242 g/mol. The molecular weight excluding hydrogens is 224 g/mol. The molecule has 0 aromatic carbocycles. The first-order valence-corrected chi connectivity index (χ1v) is 5.41. The first-order valence-electron chi connectivity index (χ1n) is 5.41. The number of nitrogens with one attached hydrogen (secondary N) is 1. The summed E-state index contributed by atoms with van der Waals surface area (Å²) in [7, 11) is 0. The predicted molar refractivity (Wildman–Crippen MR) is 60.4 cm³/mol. The van der Waals surface area contributed by atoms with E-state index in [2.05, 4.69) is 10.3 Å². The van der Waals surface area contributed by atoms with Gasteiger partial charge in [-0.3, -0.25) is 0 Å². The number of hydrogen-bond acceptors (Lipinski definition) is 5. The van der Waals surface area contributed by atoms with Crippen molar-refractivity contribution in [3.05, 3.63) is 17.8 Å². The number of aliphatic hydroxyl groups is 1. The van der Waals surface area contributed by atoms with Crippen LogP contribution in [0.2, 0.25) is 0 Å². The smallest absolute Gasteiger partial charge is 0.407 e. The summed E-state index contributed by atoms with van der Waals surface area (Å²) in [6.45, 7) is 5.62. The maximum Gasteiger partial charge on any atom is 0.407 e. The van der Waals surface area contributed by atoms with Crippen LogP contribution in [0.3, 0.4) is 0 Å². The largest absolute Gasteiger partial charge is 0.449 e. The molecule has 0 saturated heterocycles. The predicted octanol–water partition coefficient (Wildman–Crippen LogP) is 1.23. The number of aliphatic hydroxyl groups excluding tert-OH is 1. The van der Waals surface area contributed by atoms with Crippen molar-refractivity contribution < 1.29 is 19.1 Å². The molecule has 0 fully saturated rings. The number of amides is 1. The molecule has 0 spiro atoms. The van der Waals surface area contributed by atoms with Gasteiger partial charge in [0.05, 0.1) is 6.61 Å². The second-order valence-corrected chi connectivity index (χ2v) is 4.57. The van der Waals surface area contributed by atoms with Gasteiger partial charge in [0.15, 0.2) is 5.89 Å². The minimum atomic E-state index is -0.503. The maximum absolute atomic E-state index is 11.3. The van der Waals surface area contributed by atoms with Crippen molar-refractivity contribution in [3.8, 4) is 0 Å². The number of nitrogens with zero attached hydrogens (tertiary/aromatic N) is 1. The molecule has 0 radical (unpaired) electrons. The Morgan fingerprint density at radius 2 is 2.29 bits per heavy atom. The van der Waals surface area contributed by atoms with Gasteiger partial charge in [-0.05, 0) is 20.8 Å². The van der Waals surface area contributed by atoms with Crippen LogP contribution in [0, 0.1) is 0 Å². The van der Waals surface area contributed by atoms with Crippen LogP contribution in [-0.2, 0) is 17.8 Å². The number of alkyl carbamates (subject to hydrolysis) is 1. The fourth-order valence-electron chi connectivity index (χ4n) is 1.12. The molecule has 0 aliphatic rings. The number of ether oxygens (including phenoxy) is 1. The second kappa shape index (κ2) is 5.67. The summed E-state index contributed by atoms with van der Waals surface area (Å²) in [4.78, 5) is 15.3. The van der Waals surface area contributed by atoms with Crippen LogP contribution < -0.4 is 5.32 Å². The fourth-order valence-corrected chi connectivity index (χ4v) is 1.12. The number of oxazole rings is 1. The van der Waals surface area contributed by atoms with Gasteiger partial charge >= 0.3 is 6.09 Å². The van der Waals surface area contributed by atoms with E-state index in [1.54, 1.807) is 20.8 Å². The zero-order valence-corrected chi connectivity index (χ0v) is 10.3. The molecule has 1 aromatic rings. The summed E-state index contributed by atoms with van der Waals surface area (Å²) in [6.07, 6.45) is 1.38. The molecule has 0 unspecified atom stereocenters. The van der Waals surface area contributed by atoms with Gasteiger partial charge in [0.25, 0.3) is 0 Å². The average molecular weight is 242 g/mol. The summed E-state index contributed by atoms with van der Waals surface area (Å²) >= 11 is 0. The molecule has 1 aromatic heterocycles. The Morgan fingerprint density at radius 3 is 2.82 bits per heavy atom. The quantitative estimate of drug-likeness (QED) is 0.829. The van der Waals surface area contributed by atoms with Crippen LogP contribution in [0.5, 0.6) is 0 Å². The van der Waals surface area contributed by atoms with E-state index in [0.29, 0.717) is 24.6 Å². The summed E-state index contributed by atoms with van der Waals surface area (Å²) in [6, 6.07) is 0. The van der Waals surface area contributed by atoms with E-state index < -0.39 is 11.7 Å². The van der Waals surface area contributed by atoms with E-state index in [0.717, 1.165) is 0 Å². The second-order valence-electron chi connectivity index (χ2n) is 4.57. The standard InChI is InChI=1S/C11H18N2O4/c1-11(2,3)17-10(15)12-5-4-9-13-8(6-14)7-16-9/h7,14H,4-6H2,1-3H3,(H,12,15). The SMILES string of the molecule is CC(C)(C)OC(=O)NCCc1nc(CO)co1. The fraction of sp³-hybridized carbons (Fsp3) is 0.636. The highest BCUT2D eigenvalue weighted by Gasteiger charge is 2.15. The molecule has 0 saturated carbocycles. The Kier molecular flexibility index (Phi) is 4.51. The lowest BCUT2D eigenvalue weighted by Crippen LogP contribution is -2.33. The minimum absolute atomic E-state index is 0.150. The van der Waals surface area contributed by atoms with Gasteiger partial charge in [-0.1, -0.05) is 0 Å². The third-order valence-electron chi connectivity index (χ3n) is 1.77. The molecular formula is C11H18N2O4. The highest BCUT2D eigenvalue weighted by Crippen LogP contribution is 2.06. The van der Waals surface area contributed by atoms with Crippen molar-refractivity contribution in [2.45, 2.75) is 39.4 Å². The highest BCUT2D eigenvalue weighted by atomic mass is 16.6. The lowest BCUT2D eigenvalue weighted by atomic mass is 10.2. The molecule has 0 aliphatic heterocycles. The Morgan fingerprint density at radius 1 is 1.59 bits per heavy atom. The molecule has 17 heavy (non-hydrogen) atoms. The first-order chi connectivity index (χ1) is 7.90. The van der Waals surface area contributed by atoms with Gasteiger partial charge in [0.1, 0.15) is 17.6 Å². The van der Waals surface area contributed by atoms with E-state index in [1.165, 1.54) is 6.26 Å². The van der Waals surface area contributed by atoms with Crippen molar-refractivity contribution in [1.29, 1.82) is 0 Å². The van der Waals surface area contributed by atoms with Crippen molar-refractivity contribution >= 4 is 6.09 Å². The molecule has 0 aliphatic carbocycles. The van der Waals surface area contributed by atoms with Crippen molar-refractivity contribution in [2.24, 2.45) is 0 Å². The third-order valence-corrected chi connectivity index (χ3v) is 1.77. The van der Waals surface area contributed by atoms with Crippen LogP contribution in [0.4, 0.5) is 4.79 Å². The van der Waals surface area contributed by atoms with Crippen molar-refractivity contribution in [1.82, 2.24) is 10.3 Å². The Bertz CT molecular complexity index is 368. The molecule has 0 bridgehead atoms. The van der Waals surface area contributed by atoms with Gasteiger partial charge in [-0.2, -0.15) is 0 Å². The lowest BCUT2D eigenvalue weighted by molar-refractivity contribution is 0.0528. The zero-order valence-electron chi connectivity index (χ0n) is 10.3. The number of carbonyl (C=O) groups is 1. The van der Waals surface area contributed by atoms with E-state index in [4.69, 9.17) is 14.3 Å². The summed E-state index contributed by atoms with van der Waals surface area (Å²) < 4.78 is 10.1. The first kappa shape index (κ1) is 13.5. The van der Waals surface area contributed by atoms with Gasteiger partial charge < -0.3 is 19.6 Å². The van der Waals surface area contributed by atoms with Crippen LogP contribution in [-0.4, -0.2) is 28.3 Å². The topological polar surface area (TPSA) is 84.6 Å². The van der Waals surface area contributed by atoms with Crippen LogP contribution in [0.15, 0.2) is 10.7 Å². The molecule has 0 atom stereocenters. The van der Waals surface area contributed by atoms with Crippen molar-refractivity contribution in [2.75, 3.05) is 6.54 Å². The molecule has 6 nitrogen and oxygen atoms in total. The van der Waals surface area contributed by atoms with Gasteiger partial charge in [0, 0.05) is 13.0 Å². The Hall–Kier alpha value is -1.56. The molecule has 6 heteroatoms. The van der Waals surface area contributed by atoms with Gasteiger partial charge in [-0.15, -0.1) is 0 Å². The molecule has 2 N–H and O–H groups in total.